The van der Waals surface area contributed by atoms with Gasteiger partial charge in [-0.15, -0.1) is 0 Å². The summed E-state index contributed by atoms with van der Waals surface area (Å²) in [4.78, 5) is 10.8. The smallest absolute Gasteiger partial charge is 0.146 e. The minimum Gasteiger partial charge on any atom is -0.298 e. The number of rotatable bonds is 1. The van der Waals surface area contributed by atoms with Gasteiger partial charge < -0.3 is 0 Å². The van der Waals surface area contributed by atoms with Crippen LogP contribution in [0.4, 0.5) is 0 Å². The van der Waals surface area contributed by atoms with E-state index in [4.69, 9.17) is 0 Å². The van der Waals surface area contributed by atoms with E-state index in [0.717, 1.165) is 17.8 Å². The lowest BCUT2D eigenvalue weighted by atomic mass is 9.88. The molecule has 0 saturated heterocycles. The standard InChI is InChI=1S/C11H14O/c12-8-10-5-2-1-4-9-6-3-7-11(9)10/h1-2,5,8-9,11H,3-4,6-7H2. The zero-order chi connectivity index (χ0) is 8.39. The van der Waals surface area contributed by atoms with Crippen LogP contribution >= 0.6 is 0 Å². The molecule has 1 fully saturated rings. The van der Waals surface area contributed by atoms with Gasteiger partial charge in [0, 0.05) is 0 Å². The Labute approximate surface area is 73.2 Å². The Bertz CT molecular complexity index is 237. The summed E-state index contributed by atoms with van der Waals surface area (Å²) in [7, 11) is 0. The third-order valence-electron chi connectivity index (χ3n) is 3.09. The first-order valence-corrected chi connectivity index (χ1v) is 4.73. The van der Waals surface area contributed by atoms with E-state index in [1.165, 1.54) is 25.7 Å². The van der Waals surface area contributed by atoms with Gasteiger partial charge in [-0.25, -0.2) is 0 Å². The van der Waals surface area contributed by atoms with Crippen LogP contribution in [0.25, 0.3) is 0 Å². The van der Waals surface area contributed by atoms with Crippen LogP contribution < -0.4 is 0 Å². The summed E-state index contributed by atoms with van der Waals surface area (Å²) < 4.78 is 0. The molecular formula is C11H14O. The summed E-state index contributed by atoms with van der Waals surface area (Å²) in [5.74, 6) is 1.32. The Kier molecular flexibility index (Phi) is 2.11. The van der Waals surface area contributed by atoms with Crippen molar-refractivity contribution in [2.45, 2.75) is 25.7 Å². The lowest BCUT2D eigenvalue weighted by molar-refractivity contribution is -0.105. The maximum atomic E-state index is 10.8. The molecule has 0 bridgehead atoms. The van der Waals surface area contributed by atoms with Gasteiger partial charge in [0.15, 0.2) is 0 Å². The summed E-state index contributed by atoms with van der Waals surface area (Å²) >= 11 is 0. The average molecular weight is 162 g/mol. The molecule has 0 aromatic rings. The fourth-order valence-corrected chi connectivity index (χ4v) is 2.44. The van der Waals surface area contributed by atoms with E-state index in [9.17, 15) is 4.79 Å². The van der Waals surface area contributed by atoms with E-state index in [1.807, 2.05) is 12.2 Å². The fraction of sp³-hybridized carbons (Fsp3) is 0.545. The normalized spacial score (nSPS) is 33.8. The quantitative estimate of drug-likeness (QED) is 0.541. The first-order chi connectivity index (χ1) is 5.92. The van der Waals surface area contributed by atoms with Crippen LogP contribution in [-0.2, 0) is 4.79 Å². The molecule has 2 aliphatic carbocycles. The number of hydrogen-bond acceptors (Lipinski definition) is 1. The highest BCUT2D eigenvalue weighted by molar-refractivity contribution is 5.75. The van der Waals surface area contributed by atoms with Crippen LogP contribution in [0.5, 0.6) is 0 Å². The lowest BCUT2D eigenvalue weighted by Gasteiger charge is -2.15. The third kappa shape index (κ3) is 1.24. The second kappa shape index (κ2) is 3.26. The van der Waals surface area contributed by atoms with Crippen molar-refractivity contribution in [3.63, 3.8) is 0 Å². The number of fused-ring (bicyclic) bond motifs is 1. The van der Waals surface area contributed by atoms with Crippen molar-refractivity contribution in [2.24, 2.45) is 11.8 Å². The second-order valence-corrected chi connectivity index (χ2v) is 3.75. The van der Waals surface area contributed by atoms with Crippen LogP contribution in [0.2, 0.25) is 0 Å². The maximum Gasteiger partial charge on any atom is 0.146 e. The summed E-state index contributed by atoms with van der Waals surface area (Å²) in [6.07, 6.45) is 12.2. The minimum absolute atomic E-state index is 0.567. The molecular weight excluding hydrogens is 148 g/mol. The summed E-state index contributed by atoms with van der Waals surface area (Å²) in [5, 5.41) is 0. The zero-order valence-electron chi connectivity index (χ0n) is 7.20. The highest BCUT2D eigenvalue weighted by Crippen LogP contribution is 2.39. The van der Waals surface area contributed by atoms with E-state index in [1.54, 1.807) is 0 Å². The Hall–Kier alpha value is -0.850. The monoisotopic (exact) mass is 162 g/mol. The zero-order valence-corrected chi connectivity index (χ0v) is 7.20. The molecule has 0 heterocycles. The van der Waals surface area contributed by atoms with E-state index in [2.05, 4.69) is 6.08 Å². The fourth-order valence-electron chi connectivity index (χ4n) is 2.44. The maximum absolute atomic E-state index is 10.8. The first kappa shape index (κ1) is 7.78. The Morgan fingerprint density at radius 1 is 1.42 bits per heavy atom. The predicted octanol–water partition coefficient (Wildman–Crippen LogP) is 2.49. The van der Waals surface area contributed by atoms with E-state index in [-0.39, 0.29) is 0 Å². The number of allylic oxidation sites excluding steroid dienone is 4. The van der Waals surface area contributed by atoms with Gasteiger partial charge >= 0.3 is 0 Å². The molecule has 2 rings (SSSR count). The molecule has 64 valence electrons. The van der Waals surface area contributed by atoms with Gasteiger partial charge in [-0.2, -0.15) is 0 Å². The van der Waals surface area contributed by atoms with Crippen molar-refractivity contribution in [3.05, 3.63) is 23.8 Å². The van der Waals surface area contributed by atoms with Gasteiger partial charge in [0.05, 0.1) is 0 Å². The van der Waals surface area contributed by atoms with Gasteiger partial charge in [0.2, 0.25) is 0 Å². The van der Waals surface area contributed by atoms with Gasteiger partial charge in [0.1, 0.15) is 6.29 Å². The topological polar surface area (TPSA) is 17.1 Å². The Morgan fingerprint density at radius 3 is 3.17 bits per heavy atom. The van der Waals surface area contributed by atoms with Gasteiger partial charge in [-0.3, -0.25) is 4.79 Å². The van der Waals surface area contributed by atoms with Crippen molar-refractivity contribution < 1.29 is 4.79 Å². The van der Waals surface area contributed by atoms with E-state index < -0.39 is 0 Å². The molecule has 0 N–H and O–H groups in total. The Balaban J connectivity index is 2.24. The molecule has 1 saturated carbocycles. The second-order valence-electron chi connectivity index (χ2n) is 3.75. The van der Waals surface area contributed by atoms with Crippen LogP contribution in [0.3, 0.4) is 0 Å². The molecule has 0 aromatic carbocycles. The summed E-state index contributed by atoms with van der Waals surface area (Å²) in [6.45, 7) is 0. The molecule has 12 heavy (non-hydrogen) atoms. The molecule has 0 radical (unpaired) electrons. The molecule has 1 nitrogen and oxygen atoms in total. The number of carbonyl (C=O) groups is 1. The minimum atomic E-state index is 0.567. The number of hydrogen-bond donors (Lipinski definition) is 0. The Morgan fingerprint density at radius 2 is 2.33 bits per heavy atom. The summed E-state index contributed by atoms with van der Waals surface area (Å²) in [6, 6.07) is 0. The van der Waals surface area contributed by atoms with Crippen molar-refractivity contribution in [1.29, 1.82) is 0 Å². The SMILES string of the molecule is O=CC1=CC=CCC2CCCC12. The largest absolute Gasteiger partial charge is 0.298 e. The van der Waals surface area contributed by atoms with Gasteiger partial charge in [-0.1, -0.05) is 24.6 Å². The third-order valence-corrected chi connectivity index (χ3v) is 3.09. The number of aldehydes is 1. The highest BCUT2D eigenvalue weighted by Gasteiger charge is 2.29. The van der Waals surface area contributed by atoms with Gasteiger partial charge in [-0.05, 0) is 36.7 Å². The molecule has 0 aromatic heterocycles. The predicted molar refractivity (Wildman–Crippen MR) is 48.7 cm³/mol. The van der Waals surface area contributed by atoms with Crippen LogP contribution in [0.15, 0.2) is 23.8 Å². The summed E-state index contributed by atoms with van der Waals surface area (Å²) in [5.41, 5.74) is 1.02. The van der Waals surface area contributed by atoms with Crippen LogP contribution in [-0.4, -0.2) is 6.29 Å². The van der Waals surface area contributed by atoms with Crippen molar-refractivity contribution in [3.8, 4) is 0 Å². The van der Waals surface area contributed by atoms with Gasteiger partial charge in [0.25, 0.3) is 0 Å². The van der Waals surface area contributed by atoms with Crippen LogP contribution in [0, 0.1) is 11.8 Å². The lowest BCUT2D eigenvalue weighted by Crippen LogP contribution is -2.09. The first-order valence-electron chi connectivity index (χ1n) is 4.73. The molecule has 2 aliphatic rings. The molecule has 1 heteroatoms. The van der Waals surface area contributed by atoms with E-state index in [0.29, 0.717) is 5.92 Å². The number of carbonyl (C=O) groups excluding carboxylic acids is 1. The highest BCUT2D eigenvalue weighted by atomic mass is 16.1. The molecule has 0 aliphatic heterocycles. The van der Waals surface area contributed by atoms with E-state index >= 15 is 0 Å². The van der Waals surface area contributed by atoms with Crippen molar-refractivity contribution in [1.82, 2.24) is 0 Å². The van der Waals surface area contributed by atoms with Crippen molar-refractivity contribution in [2.75, 3.05) is 0 Å². The van der Waals surface area contributed by atoms with Crippen molar-refractivity contribution >= 4 is 6.29 Å². The molecule has 0 amide bonds. The average Bonchev–Trinajstić information content (AvgIpc) is 2.46. The molecule has 2 unspecified atom stereocenters. The molecule has 2 atom stereocenters. The molecule has 0 spiro atoms. The van der Waals surface area contributed by atoms with Crippen LogP contribution in [0.1, 0.15) is 25.7 Å².